The summed E-state index contributed by atoms with van der Waals surface area (Å²) in [6.07, 6.45) is 3.51. The van der Waals surface area contributed by atoms with Crippen molar-refractivity contribution in [2.45, 2.75) is 37.2 Å². The van der Waals surface area contributed by atoms with Gasteiger partial charge >= 0.3 is 0 Å². The summed E-state index contributed by atoms with van der Waals surface area (Å²) in [6.45, 7) is 6.59. The number of rotatable bonds is 7. The van der Waals surface area contributed by atoms with Gasteiger partial charge in [0, 0.05) is 23.6 Å². The lowest BCUT2D eigenvalue weighted by Crippen LogP contribution is -2.33. The van der Waals surface area contributed by atoms with E-state index in [1.807, 2.05) is 20.0 Å². The highest BCUT2D eigenvalue weighted by Crippen LogP contribution is 2.35. The molecule has 21 heavy (non-hydrogen) atoms. The van der Waals surface area contributed by atoms with Crippen LogP contribution >= 0.6 is 15.9 Å². The van der Waals surface area contributed by atoms with Crippen LogP contribution in [-0.4, -0.2) is 32.4 Å². The average Bonchev–Trinajstić information content (AvgIpc) is 3.24. The van der Waals surface area contributed by atoms with Crippen LogP contribution in [0.2, 0.25) is 0 Å². The summed E-state index contributed by atoms with van der Waals surface area (Å²) in [5, 5.41) is 3.06. The minimum Gasteiger partial charge on any atom is -0.316 e. The molecule has 0 bridgehead atoms. The van der Waals surface area contributed by atoms with Gasteiger partial charge in [0.15, 0.2) is 0 Å². The molecule has 0 radical (unpaired) electrons. The zero-order chi connectivity index (χ0) is 15.6. The quantitative estimate of drug-likeness (QED) is 0.748. The predicted octanol–water partition coefficient (Wildman–Crippen LogP) is 2.82. The van der Waals surface area contributed by atoms with Crippen molar-refractivity contribution in [1.82, 2.24) is 9.62 Å². The molecule has 1 saturated carbocycles. The molecule has 0 spiro atoms. The molecule has 0 heterocycles. The van der Waals surface area contributed by atoms with Crippen molar-refractivity contribution in [3.05, 3.63) is 40.4 Å². The molecule has 0 atom stereocenters. The summed E-state index contributed by atoms with van der Waals surface area (Å²) in [5.41, 5.74) is 1.89. The van der Waals surface area contributed by atoms with Gasteiger partial charge in [0.05, 0.1) is 4.90 Å². The van der Waals surface area contributed by atoms with Crippen LogP contribution in [0.5, 0.6) is 0 Å². The lowest BCUT2D eigenvalue weighted by atomic mass is 10.1. The van der Waals surface area contributed by atoms with Crippen molar-refractivity contribution < 1.29 is 8.42 Å². The van der Waals surface area contributed by atoms with Crippen molar-refractivity contribution in [3.8, 4) is 0 Å². The smallest absolute Gasteiger partial charge is 0.244 e. The van der Waals surface area contributed by atoms with Gasteiger partial charge in [0.1, 0.15) is 0 Å². The Labute approximate surface area is 135 Å². The zero-order valence-corrected chi connectivity index (χ0v) is 14.8. The summed E-state index contributed by atoms with van der Waals surface area (Å²) in [6, 6.07) is 3.86. The first kappa shape index (κ1) is 16.7. The van der Waals surface area contributed by atoms with E-state index >= 15 is 0 Å². The van der Waals surface area contributed by atoms with E-state index in [0.29, 0.717) is 22.5 Å². The van der Waals surface area contributed by atoms with Crippen LogP contribution in [0.1, 0.15) is 24.0 Å². The molecule has 1 aliphatic carbocycles. The second kappa shape index (κ2) is 6.60. The molecular weight excluding hydrogens is 352 g/mol. The highest BCUT2D eigenvalue weighted by molar-refractivity contribution is 9.10. The molecule has 0 saturated heterocycles. The third kappa shape index (κ3) is 3.56. The van der Waals surface area contributed by atoms with Crippen LogP contribution in [0.3, 0.4) is 0 Å². The Kier molecular flexibility index (Phi) is 5.24. The second-order valence-corrected chi connectivity index (χ2v) is 8.00. The molecule has 0 unspecified atom stereocenters. The van der Waals surface area contributed by atoms with Crippen molar-refractivity contribution >= 4 is 26.0 Å². The maximum atomic E-state index is 13.0. The average molecular weight is 373 g/mol. The standard InChI is InChI=1S/C15H21BrN2O2S/c1-4-7-18(13-5-6-13)21(19,20)14-9-12(10-17-3)8-11(2)15(14)16/h4,8-9,13,17H,1,5-7,10H2,2-3H3. The van der Waals surface area contributed by atoms with Gasteiger partial charge in [0.2, 0.25) is 10.0 Å². The first-order valence-corrected chi connectivity index (χ1v) is 9.21. The van der Waals surface area contributed by atoms with Gasteiger partial charge in [-0.25, -0.2) is 8.42 Å². The summed E-state index contributed by atoms with van der Waals surface area (Å²) in [5.74, 6) is 0. The van der Waals surface area contributed by atoms with Crippen molar-refractivity contribution in [2.75, 3.05) is 13.6 Å². The largest absolute Gasteiger partial charge is 0.316 e. The van der Waals surface area contributed by atoms with Crippen LogP contribution in [0.25, 0.3) is 0 Å². The predicted molar refractivity (Wildman–Crippen MR) is 88.8 cm³/mol. The topological polar surface area (TPSA) is 49.4 Å². The van der Waals surface area contributed by atoms with Crippen LogP contribution in [0.4, 0.5) is 0 Å². The Bertz CT molecular complexity index is 639. The van der Waals surface area contributed by atoms with Crippen LogP contribution in [0, 0.1) is 6.92 Å². The highest BCUT2D eigenvalue weighted by atomic mass is 79.9. The normalized spacial score (nSPS) is 15.4. The lowest BCUT2D eigenvalue weighted by molar-refractivity contribution is 0.435. The van der Waals surface area contributed by atoms with Crippen LogP contribution < -0.4 is 5.32 Å². The maximum absolute atomic E-state index is 13.0. The number of benzene rings is 1. The monoisotopic (exact) mass is 372 g/mol. The number of aryl methyl sites for hydroxylation is 1. The number of nitrogens with one attached hydrogen (secondary N) is 1. The van der Waals surface area contributed by atoms with Gasteiger partial charge in [-0.1, -0.05) is 12.1 Å². The minimum absolute atomic E-state index is 0.119. The van der Waals surface area contributed by atoms with Crippen molar-refractivity contribution in [1.29, 1.82) is 0 Å². The van der Waals surface area contributed by atoms with Gasteiger partial charge in [-0.05, 0) is 59.9 Å². The van der Waals surface area contributed by atoms with E-state index in [0.717, 1.165) is 24.0 Å². The first-order chi connectivity index (χ1) is 9.91. The number of hydrogen-bond acceptors (Lipinski definition) is 3. The number of halogens is 1. The number of sulfonamides is 1. The van der Waals surface area contributed by atoms with E-state index in [9.17, 15) is 8.42 Å². The fourth-order valence-corrected chi connectivity index (χ4v) is 5.05. The molecule has 2 rings (SSSR count). The first-order valence-electron chi connectivity index (χ1n) is 6.98. The van der Waals surface area contributed by atoms with E-state index < -0.39 is 10.0 Å². The van der Waals surface area contributed by atoms with Crippen molar-refractivity contribution in [3.63, 3.8) is 0 Å². The number of hydrogen-bond donors (Lipinski definition) is 1. The molecule has 0 aromatic heterocycles. The Morgan fingerprint density at radius 3 is 2.67 bits per heavy atom. The van der Waals surface area contributed by atoms with Crippen LogP contribution in [0.15, 0.2) is 34.2 Å². The Morgan fingerprint density at radius 2 is 2.14 bits per heavy atom. The molecule has 4 nitrogen and oxygen atoms in total. The summed E-state index contributed by atoms with van der Waals surface area (Å²) in [4.78, 5) is 0.349. The molecule has 1 aromatic rings. The Hall–Kier alpha value is -0.690. The van der Waals surface area contributed by atoms with E-state index in [1.54, 1.807) is 16.4 Å². The Balaban J connectivity index is 2.49. The molecular formula is C15H21BrN2O2S. The molecule has 1 N–H and O–H groups in total. The zero-order valence-electron chi connectivity index (χ0n) is 12.4. The maximum Gasteiger partial charge on any atom is 0.244 e. The van der Waals surface area contributed by atoms with E-state index in [1.165, 1.54) is 0 Å². The van der Waals surface area contributed by atoms with Crippen LogP contribution in [-0.2, 0) is 16.6 Å². The van der Waals surface area contributed by atoms with Gasteiger partial charge in [-0.3, -0.25) is 0 Å². The highest BCUT2D eigenvalue weighted by Gasteiger charge is 2.38. The van der Waals surface area contributed by atoms with E-state index in [-0.39, 0.29) is 6.04 Å². The van der Waals surface area contributed by atoms with Gasteiger partial charge in [-0.2, -0.15) is 4.31 Å². The summed E-state index contributed by atoms with van der Waals surface area (Å²) < 4.78 is 28.1. The fourth-order valence-electron chi connectivity index (χ4n) is 2.36. The Morgan fingerprint density at radius 1 is 1.48 bits per heavy atom. The molecule has 116 valence electrons. The molecule has 1 fully saturated rings. The molecule has 6 heteroatoms. The second-order valence-electron chi connectivity index (χ2n) is 5.35. The van der Waals surface area contributed by atoms with Gasteiger partial charge in [0.25, 0.3) is 0 Å². The summed E-state index contributed by atoms with van der Waals surface area (Å²) in [7, 11) is -1.66. The van der Waals surface area contributed by atoms with Gasteiger partial charge < -0.3 is 5.32 Å². The lowest BCUT2D eigenvalue weighted by Gasteiger charge is -2.22. The SMILES string of the molecule is C=CCN(C1CC1)S(=O)(=O)c1cc(CNC)cc(C)c1Br. The molecule has 1 aliphatic rings. The minimum atomic E-state index is -3.51. The van der Waals surface area contributed by atoms with Gasteiger partial charge in [-0.15, -0.1) is 6.58 Å². The third-order valence-electron chi connectivity index (χ3n) is 3.51. The number of nitrogens with zero attached hydrogens (tertiary/aromatic N) is 1. The third-order valence-corrected chi connectivity index (χ3v) is 6.77. The van der Waals surface area contributed by atoms with E-state index in [2.05, 4.69) is 27.8 Å². The molecule has 1 aromatic carbocycles. The fraction of sp³-hybridized carbons (Fsp3) is 0.467. The summed E-state index contributed by atoms with van der Waals surface area (Å²) >= 11 is 3.44. The molecule has 0 amide bonds. The van der Waals surface area contributed by atoms with E-state index in [4.69, 9.17) is 0 Å². The van der Waals surface area contributed by atoms with Crippen molar-refractivity contribution in [2.24, 2.45) is 0 Å². The molecule has 0 aliphatic heterocycles.